The minimum Gasteiger partial charge on any atom is -0.339 e. The first-order valence-corrected chi connectivity index (χ1v) is 5.96. The van der Waals surface area contributed by atoms with Crippen LogP contribution in [-0.4, -0.2) is 30.4 Å². The van der Waals surface area contributed by atoms with Crippen molar-refractivity contribution in [2.75, 3.05) is 19.6 Å². The quantitative estimate of drug-likeness (QED) is 0.706. The summed E-state index contributed by atoms with van der Waals surface area (Å²) in [6.45, 7) is 12.3. The molecular weight excluding hydrogens is 200 g/mol. The van der Waals surface area contributed by atoms with E-state index in [1.165, 1.54) is 0 Å². The summed E-state index contributed by atoms with van der Waals surface area (Å²) >= 11 is 0. The van der Waals surface area contributed by atoms with Crippen LogP contribution in [0.3, 0.4) is 0 Å². The van der Waals surface area contributed by atoms with Gasteiger partial charge in [0.2, 0.25) is 5.91 Å². The third kappa shape index (κ3) is 5.91. The fraction of sp³-hybridized carbons (Fsp3) is 0.769. The summed E-state index contributed by atoms with van der Waals surface area (Å²) < 4.78 is 0. The number of amides is 1. The van der Waals surface area contributed by atoms with E-state index in [0.717, 1.165) is 25.1 Å². The lowest BCUT2D eigenvalue weighted by molar-refractivity contribution is -0.127. The van der Waals surface area contributed by atoms with Gasteiger partial charge in [-0.15, -0.1) is 0 Å². The Labute approximate surface area is 99.7 Å². The van der Waals surface area contributed by atoms with Crippen molar-refractivity contribution in [2.24, 2.45) is 11.1 Å². The second-order valence-corrected chi connectivity index (χ2v) is 5.35. The third-order valence-electron chi connectivity index (χ3n) is 2.39. The number of carbonyl (C=O) groups is 1. The van der Waals surface area contributed by atoms with Crippen LogP contribution in [0.15, 0.2) is 11.6 Å². The van der Waals surface area contributed by atoms with Crippen molar-refractivity contribution in [1.82, 2.24) is 4.90 Å². The number of hydrogen-bond donors (Lipinski definition) is 1. The Morgan fingerprint density at radius 1 is 1.38 bits per heavy atom. The summed E-state index contributed by atoms with van der Waals surface area (Å²) in [6, 6.07) is 0. The smallest absolute Gasteiger partial charge is 0.246 e. The van der Waals surface area contributed by atoms with Crippen LogP contribution in [0.2, 0.25) is 0 Å². The van der Waals surface area contributed by atoms with Gasteiger partial charge in [0, 0.05) is 19.2 Å². The first kappa shape index (κ1) is 15.2. The average molecular weight is 226 g/mol. The normalized spacial score (nSPS) is 11.1. The van der Waals surface area contributed by atoms with E-state index in [2.05, 4.69) is 20.8 Å². The largest absolute Gasteiger partial charge is 0.339 e. The lowest BCUT2D eigenvalue weighted by atomic mass is 9.93. The first-order chi connectivity index (χ1) is 7.32. The van der Waals surface area contributed by atoms with Crippen LogP contribution in [0, 0.1) is 5.41 Å². The van der Waals surface area contributed by atoms with Crippen LogP contribution in [0.25, 0.3) is 0 Å². The Hall–Kier alpha value is -0.830. The Bertz CT molecular complexity index is 253. The predicted octanol–water partition coefficient (Wildman–Crippen LogP) is 2.18. The summed E-state index contributed by atoms with van der Waals surface area (Å²) in [7, 11) is 0. The van der Waals surface area contributed by atoms with Crippen molar-refractivity contribution in [3.05, 3.63) is 11.6 Å². The number of nitrogens with two attached hydrogens (primary N) is 1. The van der Waals surface area contributed by atoms with Gasteiger partial charge < -0.3 is 10.6 Å². The van der Waals surface area contributed by atoms with Crippen molar-refractivity contribution < 1.29 is 4.79 Å². The number of hydrogen-bond acceptors (Lipinski definition) is 2. The van der Waals surface area contributed by atoms with Gasteiger partial charge in [-0.25, -0.2) is 0 Å². The lowest BCUT2D eigenvalue weighted by Crippen LogP contribution is -2.41. The minimum atomic E-state index is -0.0136. The fourth-order valence-electron chi connectivity index (χ4n) is 1.46. The summed E-state index contributed by atoms with van der Waals surface area (Å²) in [4.78, 5) is 13.8. The molecule has 94 valence electrons. The highest BCUT2D eigenvalue weighted by atomic mass is 16.2. The van der Waals surface area contributed by atoms with E-state index in [1.54, 1.807) is 6.08 Å². The van der Waals surface area contributed by atoms with Crippen molar-refractivity contribution in [3.63, 3.8) is 0 Å². The number of rotatable bonds is 6. The van der Waals surface area contributed by atoms with Crippen LogP contribution in [0.5, 0.6) is 0 Å². The highest BCUT2D eigenvalue weighted by Gasteiger charge is 2.22. The van der Waals surface area contributed by atoms with Gasteiger partial charge in [-0.05, 0) is 32.2 Å². The fourth-order valence-corrected chi connectivity index (χ4v) is 1.46. The molecule has 0 aliphatic carbocycles. The first-order valence-electron chi connectivity index (χ1n) is 5.96. The van der Waals surface area contributed by atoms with Crippen LogP contribution in [0.4, 0.5) is 0 Å². The molecule has 0 aromatic heterocycles. The molecule has 0 rings (SSSR count). The van der Waals surface area contributed by atoms with Crippen LogP contribution in [0.1, 0.15) is 41.0 Å². The molecule has 3 nitrogen and oxygen atoms in total. The predicted molar refractivity (Wildman–Crippen MR) is 69.1 cm³/mol. The molecule has 0 heterocycles. The standard InChI is InChI=1S/C13H26N2O/c1-6-7-15(10-13(4,5)9-14)12(16)8-11(2)3/h8H,6-7,9-10,14H2,1-5H3. The molecular formula is C13H26N2O. The summed E-state index contributed by atoms with van der Waals surface area (Å²) in [5.74, 6) is 0.100. The van der Waals surface area contributed by atoms with Crippen molar-refractivity contribution in [1.29, 1.82) is 0 Å². The molecule has 0 saturated carbocycles. The molecule has 0 radical (unpaired) electrons. The molecule has 0 fully saturated rings. The molecule has 0 spiro atoms. The zero-order valence-corrected chi connectivity index (χ0v) is 11.3. The third-order valence-corrected chi connectivity index (χ3v) is 2.39. The topological polar surface area (TPSA) is 46.3 Å². The molecule has 16 heavy (non-hydrogen) atoms. The van der Waals surface area contributed by atoms with E-state index in [1.807, 2.05) is 18.7 Å². The Kier molecular flexibility index (Phi) is 6.34. The molecule has 0 aliphatic rings. The molecule has 0 aromatic carbocycles. The molecule has 0 aromatic rings. The molecule has 0 aliphatic heterocycles. The van der Waals surface area contributed by atoms with Gasteiger partial charge in [0.15, 0.2) is 0 Å². The monoisotopic (exact) mass is 226 g/mol. The van der Waals surface area contributed by atoms with E-state index in [4.69, 9.17) is 5.73 Å². The van der Waals surface area contributed by atoms with Crippen LogP contribution < -0.4 is 5.73 Å². The van der Waals surface area contributed by atoms with E-state index < -0.39 is 0 Å². The molecule has 0 saturated heterocycles. The zero-order chi connectivity index (χ0) is 12.8. The van der Waals surface area contributed by atoms with E-state index in [0.29, 0.717) is 6.54 Å². The lowest BCUT2D eigenvalue weighted by Gasteiger charge is -2.31. The molecule has 0 atom stereocenters. The summed E-state index contributed by atoms with van der Waals surface area (Å²) in [5, 5.41) is 0. The Morgan fingerprint density at radius 2 is 1.94 bits per heavy atom. The highest BCUT2D eigenvalue weighted by molar-refractivity contribution is 5.88. The van der Waals surface area contributed by atoms with Gasteiger partial charge in [-0.1, -0.05) is 26.3 Å². The number of allylic oxidation sites excluding steroid dienone is 1. The maximum atomic E-state index is 11.9. The minimum absolute atomic E-state index is 0.0136. The Morgan fingerprint density at radius 3 is 2.31 bits per heavy atom. The van der Waals surface area contributed by atoms with Crippen LogP contribution >= 0.6 is 0 Å². The summed E-state index contributed by atoms with van der Waals surface area (Å²) in [6.07, 6.45) is 2.67. The average Bonchev–Trinajstić information content (AvgIpc) is 2.16. The highest BCUT2D eigenvalue weighted by Crippen LogP contribution is 2.15. The summed E-state index contributed by atoms with van der Waals surface area (Å²) in [5.41, 5.74) is 6.72. The van der Waals surface area contributed by atoms with Gasteiger partial charge in [-0.2, -0.15) is 0 Å². The molecule has 1 amide bonds. The van der Waals surface area contributed by atoms with Gasteiger partial charge in [-0.3, -0.25) is 4.79 Å². The SMILES string of the molecule is CCCN(CC(C)(C)CN)C(=O)C=C(C)C. The van der Waals surface area contributed by atoms with Gasteiger partial charge in [0.1, 0.15) is 0 Å². The molecule has 0 unspecified atom stereocenters. The zero-order valence-electron chi connectivity index (χ0n) is 11.3. The van der Waals surface area contributed by atoms with Gasteiger partial charge in [0.05, 0.1) is 0 Å². The number of nitrogens with zero attached hydrogens (tertiary/aromatic N) is 1. The van der Waals surface area contributed by atoms with Crippen LogP contribution in [-0.2, 0) is 4.79 Å². The Balaban J connectivity index is 4.61. The van der Waals surface area contributed by atoms with E-state index >= 15 is 0 Å². The maximum Gasteiger partial charge on any atom is 0.246 e. The van der Waals surface area contributed by atoms with E-state index in [-0.39, 0.29) is 11.3 Å². The van der Waals surface area contributed by atoms with Crippen molar-refractivity contribution >= 4 is 5.91 Å². The number of carbonyl (C=O) groups excluding carboxylic acids is 1. The molecule has 0 bridgehead atoms. The maximum absolute atomic E-state index is 11.9. The second-order valence-electron chi connectivity index (χ2n) is 5.35. The van der Waals surface area contributed by atoms with Gasteiger partial charge >= 0.3 is 0 Å². The van der Waals surface area contributed by atoms with Crippen molar-refractivity contribution in [2.45, 2.75) is 41.0 Å². The van der Waals surface area contributed by atoms with E-state index in [9.17, 15) is 4.79 Å². The second kappa shape index (κ2) is 6.69. The molecule has 3 heteroatoms. The molecule has 2 N–H and O–H groups in total. The van der Waals surface area contributed by atoms with Gasteiger partial charge in [0.25, 0.3) is 0 Å². The van der Waals surface area contributed by atoms with Crippen molar-refractivity contribution in [3.8, 4) is 0 Å².